The van der Waals surface area contributed by atoms with Crippen LogP contribution in [-0.4, -0.2) is 17.9 Å². The Balaban J connectivity index is 2.07. The molecule has 0 aliphatic rings. The van der Waals surface area contributed by atoms with Gasteiger partial charge in [0.2, 0.25) is 11.7 Å². The van der Waals surface area contributed by atoms with Crippen molar-refractivity contribution in [3.8, 4) is 0 Å². The molecule has 0 atom stereocenters. The summed E-state index contributed by atoms with van der Waals surface area (Å²) in [6.45, 7) is 0.490. The number of oxazole rings is 1. The van der Waals surface area contributed by atoms with Crippen molar-refractivity contribution in [2.24, 2.45) is 0 Å². The van der Waals surface area contributed by atoms with Crippen LogP contribution in [0.25, 0.3) is 0 Å². The zero-order valence-electron chi connectivity index (χ0n) is 9.74. The van der Waals surface area contributed by atoms with E-state index >= 15 is 0 Å². The van der Waals surface area contributed by atoms with Crippen molar-refractivity contribution in [2.45, 2.75) is 6.54 Å². The Morgan fingerprint density at radius 1 is 1.50 bits per heavy atom. The van der Waals surface area contributed by atoms with Gasteiger partial charge in [-0.05, 0) is 25.2 Å². The van der Waals surface area contributed by atoms with Crippen molar-refractivity contribution in [1.29, 1.82) is 0 Å². The van der Waals surface area contributed by atoms with E-state index in [-0.39, 0.29) is 11.7 Å². The Morgan fingerprint density at radius 2 is 2.33 bits per heavy atom. The van der Waals surface area contributed by atoms with Crippen LogP contribution in [-0.2, 0) is 6.54 Å². The Morgan fingerprint density at radius 3 is 3.06 bits per heavy atom. The minimum atomic E-state index is -0.317. The lowest BCUT2D eigenvalue weighted by molar-refractivity contribution is 0.0994. The quantitative estimate of drug-likeness (QED) is 0.910. The van der Waals surface area contributed by atoms with Gasteiger partial charge in [-0.25, -0.2) is 4.98 Å². The average Bonchev–Trinajstić information content (AvgIpc) is 2.78. The SMILES string of the molecule is CNCc1ncc(C(=O)Nc2cccc(Br)c2)o1. The van der Waals surface area contributed by atoms with Crippen molar-refractivity contribution >= 4 is 27.5 Å². The van der Waals surface area contributed by atoms with E-state index < -0.39 is 0 Å². The van der Waals surface area contributed by atoms with Crippen molar-refractivity contribution in [3.63, 3.8) is 0 Å². The normalized spacial score (nSPS) is 10.3. The highest BCUT2D eigenvalue weighted by atomic mass is 79.9. The molecule has 1 amide bonds. The van der Waals surface area contributed by atoms with Crippen LogP contribution in [0.2, 0.25) is 0 Å². The van der Waals surface area contributed by atoms with E-state index in [0.717, 1.165) is 4.47 Å². The van der Waals surface area contributed by atoms with E-state index in [1.807, 2.05) is 18.2 Å². The van der Waals surface area contributed by atoms with Gasteiger partial charge in [0, 0.05) is 10.2 Å². The van der Waals surface area contributed by atoms with Crippen molar-refractivity contribution in [2.75, 3.05) is 12.4 Å². The number of nitrogens with one attached hydrogen (secondary N) is 2. The molecular formula is C12H12BrN3O2. The number of anilines is 1. The molecule has 5 nitrogen and oxygen atoms in total. The Bertz CT molecular complexity index is 554. The number of rotatable bonds is 4. The number of hydrogen-bond donors (Lipinski definition) is 2. The first-order valence-corrected chi connectivity index (χ1v) is 6.14. The van der Waals surface area contributed by atoms with Crippen LogP contribution in [0.3, 0.4) is 0 Å². The molecule has 0 radical (unpaired) electrons. The molecule has 0 unspecified atom stereocenters. The zero-order chi connectivity index (χ0) is 13.0. The molecule has 94 valence electrons. The fraction of sp³-hybridized carbons (Fsp3) is 0.167. The van der Waals surface area contributed by atoms with Gasteiger partial charge in [-0.2, -0.15) is 0 Å². The van der Waals surface area contributed by atoms with Crippen molar-refractivity contribution in [1.82, 2.24) is 10.3 Å². The van der Waals surface area contributed by atoms with Crippen LogP contribution in [0.15, 0.2) is 39.4 Å². The predicted molar refractivity (Wildman–Crippen MR) is 71.4 cm³/mol. The molecule has 2 aromatic rings. The van der Waals surface area contributed by atoms with E-state index in [4.69, 9.17) is 4.42 Å². The molecular weight excluding hydrogens is 298 g/mol. The van der Waals surface area contributed by atoms with Crippen LogP contribution < -0.4 is 10.6 Å². The van der Waals surface area contributed by atoms with Crippen molar-refractivity contribution in [3.05, 3.63) is 46.6 Å². The van der Waals surface area contributed by atoms with Gasteiger partial charge in [-0.15, -0.1) is 0 Å². The lowest BCUT2D eigenvalue weighted by atomic mass is 10.3. The molecule has 1 heterocycles. The maximum Gasteiger partial charge on any atom is 0.293 e. The third-order valence-corrected chi connectivity index (χ3v) is 2.68. The number of carbonyl (C=O) groups is 1. The lowest BCUT2D eigenvalue weighted by Gasteiger charge is -2.02. The number of aromatic nitrogens is 1. The highest BCUT2D eigenvalue weighted by Gasteiger charge is 2.12. The number of hydrogen-bond acceptors (Lipinski definition) is 4. The van der Waals surface area contributed by atoms with Crippen LogP contribution in [0.5, 0.6) is 0 Å². The maximum absolute atomic E-state index is 11.9. The van der Waals surface area contributed by atoms with Crippen LogP contribution in [0.1, 0.15) is 16.4 Å². The van der Waals surface area contributed by atoms with E-state index in [1.165, 1.54) is 6.20 Å². The first-order chi connectivity index (χ1) is 8.69. The number of carbonyl (C=O) groups excluding carboxylic acids is 1. The monoisotopic (exact) mass is 309 g/mol. The smallest absolute Gasteiger partial charge is 0.293 e. The standard InChI is InChI=1S/C12H12BrN3O2/c1-14-7-11-15-6-10(18-11)12(17)16-9-4-2-3-8(13)5-9/h2-6,14H,7H2,1H3,(H,16,17). The Hall–Kier alpha value is -1.66. The Labute approximate surface area is 113 Å². The van der Waals surface area contributed by atoms with Gasteiger partial charge in [0.1, 0.15) is 0 Å². The van der Waals surface area contributed by atoms with E-state index in [2.05, 4.69) is 31.5 Å². The summed E-state index contributed by atoms with van der Waals surface area (Å²) < 4.78 is 6.19. The molecule has 18 heavy (non-hydrogen) atoms. The molecule has 0 fully saturated rings. The van der Waals surface area contributed by atoms with Crippen molar-refractivity contribution < 1.29 is 9.21 Å². The van der Waals surface area contributed by atoms with Crippen LogP contribution in [0.4, 0.5) is 5.69 Å². The summed E-state index contributed by atoms with van der Waals surface area (Å²) >= 11 is 3.34. The second kappa shape index (κ2) is 5.79. The first-order valence-electron chi connectivity index (χ1n) is 5.35. The minimum Gasteiger partial charge on any atom is -0.434 e. The highest BCUT2D eigenvalue weighted by Crippen LogP contribution is 2.16. The van der Waals surface area contributed by atoms with E-state index in [0.29, 0.717) is 18.1 Å². The molecule has 0 saturated carbocycles. The molecule has 6 heteroatoms. The molecule has 0 aliphatic carbocycles. The number of nitrogens with zero attached hydrogens (tertiary/aromatic N) is 1. The molecule has 2 N–H and O–H groups in total. The summed E-state index contributed by atoms with van der Waals surface area (Å²) in [4.78, 5) is 15.8. The highest BCUT2D eigenvalue weighted by molar-refractivity contribution is 9.10. The topological polar surface area (TPSA) is 67.2 Å². The average molecular weight is 310 g/mol. The molecule has 0 spiro atoms. The van der Waals surface area contributed by atoms with Gasteiger partial charge >= 0.3 is 0 Å². The Kier molecular flexibility index (Phi) is 4.11. The second-order valence-corrected chi connectivity index (χ2v) is 4.53. The molecule has 2 rings (SSSR count). The number of halogens is 1. The summed E-state index contributed by atoms with van der Waals surface area (Å²) in [6, 6.07) is 7.33. The van der Waals surface area contributed by atoms with Gasteiger partial charge < -0.3 is 15.1 Å². The van der Waals surface area contributed by atoms with Crippen LogP contribution >= 0.6 is 15.9 Å². The maximum atomic E-state index is 11.9. The third-order valence-electron chi connectivity index (χ3n) is 2.19. The first kappa shape index (κ1) is 12.8. The fourth-order valence-corrected chi connectivity index (χ4v) is 1.81. The summed E-state index contributed by atoms with van der Waals surface area (Å²) in [6.07, 6.45) is 1.42. The second-order valence-electron chi connectivity index (χ2n) is 3.61. The number of benzene rings is 1. The van der Waals surface area contributed by atoms with Gasteiger partial charge in [0.25, 0.3) is 5.91 Å². The molecule has 0 aliphatic heterocycles. The summed E-state index contributed by atoms with van der Waals surface area (Å²) in [5, 5.41) is 5.63. The summed E-state index contributed by atoms with van der Waals surface area (Å²) in [5.74, 6) is 0.361. The zero-order valence-corrected chi connectivity index (χ0v) is 11.3. The number of amides is 1. The minimum absolute atomic E-state index is 0.195. The molecule has 0 saturated heterocycles. The summed E-state index contributed by atoms with van der Waals surface area (Å²) in [7, 11) is 1.78. The van der Waals surface area contributed by atoms with E-state index in [1.54, 1.807) is 13.1 Å². The molecule has 1 aromatic heterocycles. The predicted octanol–water partition coefficient (Wildman–Crippen LogP) is 2.41. The molecule has 0 bridgehead atoms. The fourth-order valence-electron chi connectivity index (χ4n) is 1.41. The lowest BCUT2D eigenvalue weighted by Crippen LogP contribution is -2.11. The summed E-state index contributed by atoms with van der Waals surface area (Å²) in [5.41, 5.74) is 0.695. The largest absolute Gasteiger partial charge is 0.434 e. The van der Waals surface area contributed by atoms with E-state index in [9.17, 15) is 4.79 Å². The van der Waals surface area contributed by atoms with Crippen LogP contribution in [0, 0.1) is 0 Å². The van der Waals surface area contributed by atoms with Gasteiger partial charge in [0.05, 0.1) is 12.7 Å². The van der Waals surface area contributed by atoms with Gasteiger partial charge in [-0.1, -0.05) is 22.0 Å². The van der Waals surface area contributed by atoms with Gasteiger partial charge in [-0.3, -0.25) is 4.79 Å². The third kappa shape index (κ3) is 3.18. The van der Waals surface area contributed by atoms with Gasteiger partial charge in [0.15, 0.2) is 0 Å². The molecule has 1 aromatic carbocycles.